The summed E-state index contributed by atoms with van der Waals surface area (Å²) in [5.74, 6) is -1.19. The summed E-state index contributed by atoms with van der Waals surface area (Å²) in [5, 5.41) is 21.6. The van der Waals surface area contributed by atoms with Crippen LogP contribution in [0.25, 0.3) is 5.76 Å². The highest BCUT2D eigenvalue weighted by molar-refractivity contribution is 6.46. The quantitative estimate of drug-likeness (QED) is 0.341. The first-order chi connectivity index (χ1) is 15.8. The fourth-order valence-corrected chi connectivity index (χ4v) is 3.74. The van der Waals surface area contributed by atoms with Gasteiger partial charge in [-0.1, -0.05) is 19.1 Å². The molecule has 0 aromatic heterocycles. The maximum absolute atomic E-state index is 13.1. The van der Waals surface area contributed by atoms with Gasteiger partial charge in [0.2, 0.25) is 0 Å². The number of likely N-dealkylation sites (N-methyl/N-ethyl adjacent to an activating group) is 1. The molecule has 1 aliphatic heterocycles. The first-order valence-corrected chi connectivity index (χ1v) is 10.8. The Bertz CT molecular complexity index is 1060. The number of ether oxygens (including phenoxy) is 2. The molecule has 3 rings (SSSR count). The molecule has 0 radical (unpaired) electrons. The van der Waals surface area contributed by atoms with Crippen molar-refractivity contribution in [1.82, 2.24) is 9.80 Å². The van der Waals surface area contributed by atoms with Gasteiger partial charge < -0.3 is 29.5 Å². The summed E-state index contributed by atoms with van der Waals surface area (Å²) in [6.07, 6.45) is 0.836. The maximum Gasteiger partial charge on any atom is 0.295 e. The van der Waals surface area contributed by atoms with E-state index in [0.717, 1.165) is 6.42 Å². The van der Waals surface area contributed by atoms with Crippen LogP contribution in [0.2, 0.25) is 0 Å². The van der Waals surface area contributed by atoms with Crippen molar-refractivity contribution in [3.63, 3.8) is 0 Å². The van der Waals surface area contributed by atoms with E-state index >= 15 is 0 Å². The van der Waals surface area contributed by atoms with Gasteiger partial charge in [-0.15, -0.1) is 0 Å². The number of hydrogen-bond acceptors (Lipinski definition) is 7. The minimum atomic E-state index is -0.823. The lowest BCUT2D eigenvalue weighted by Crippen LogP contribution is -2.35. The molecule has 1 amide bonds. The van der Waals surface area contributed by atoms with Crippen molar-refractivity contribution in [3.8, 4) is 17.2 Å². The molecule has 33 heavy (non-hydrogen) atoms. The Labute approximate surface area is 193 Å². The third-order valence-electron chi connectivity index (χ3n) is 5.43. The molecule has 0 unspecified atom stereocenters. The number of phenolic OH excluding ortho intramolecular Hbond substituents is 1. The van der Waals surface area contributed by atoms with Gasteiger partial charge in [0.25, 0.3) is 11.7 Å². The van der Waals surface area contributed by atoms with E-state index in [1.807, 2.05) is 25.9 Å². The van der Waals surface area contributed by atoms with Crippen LogP contribution in [0.3, 0.4) is 0 Å². The summed E-state index contributed by atoms with van der Waals surface area (Å²) < 4.78 is 10.8. The smallest absolute Gasteiger partial charge is 0.295 e. The summed E-state index contributed by atoms with van der Waals surface area (Å²) >= 11 is 0. The van der Waals surface area contributed by atoms with Crippen molar-refractivity contribution in [2.45, 2.75) is 19.4 Å². The number of methoxy groups -OCH3 is 1. The molecule has 8 nitrogen and oxygen atoms in total. The molecule has 2 aromatic rings. The van der Waals surface area contributed by atoms with Gasteiger partial charge in [0.15, 0.2) is 0 Å². The third-order valence-corrected chi connectivity index (χ3v) is 5.43. The summed E-state index contributed by atoms with van der Waals surface area (Å²) in [6.45, 7) is 3.35. The zero-order valence-corrected chi connectivity index (χ0v) is 19.4. The molecule has 1 aliphatic rings. The fraction of sp³-hybridized carbons (Fsp3) is 0.360. The van der Waals surface area contributed by atoms with Crippen LogP contribution in [0.1, 0.15) is 30.5 Å². The lowest BCUT2D eigenvalue weighted by molar-refractivity contribution is -0.140. The first-order valence-electron chi connectivity index (χ1n) is 10.8. The number of aromatic hydroxyl groups is 1. The van der Waals surface area contributed by atoms with Crippen molar-refractivity contribution >= 4 is 17.4 Å². The molecule has 176 valence electrons. The molecule has 2 N–H and O–H groups in total. The molecule has 8 heteroatoms. The predicted octanol–water partition coefficient (Wildman–Crippen LogP) is 3.17. The van der Waals surface area contributed by atoms with Crippen LogP contribution >= 0.6 is 0 Å². The van der Waals surface area contributed by atoms with Gasteiger partial charge in [-0.2, -0.15) is 0 Å². The van der Waals surface area contributed by atoms with Crippen molar-refractivity contribution < 1.29 is 29.3 Å². The fourth-order valence-electron chi connectivity index (χ4n) is 3.74. The monoisotopic (exact) mass is 454 g/mol. The largest absolute Gasteiger partial charge is 0.507 e. The van der Waals surface area contributed by atoms with Crippen molar-refractivity contribution in [2.75, 3.05) is 40.9 Å². The Balaban J connectivity index is 2.15. The Morgan fingerprint density at radius 1 is 1.12 bits per heavy atom. The summed E-state index contributed by atoms with van der Waals surface area (Å²) in [4.78, 5) is 29.4. The Morgan fingerprint density at radius 3 is 2.52 bits per heavy atom. The van der Waals surface area contributed by atoms with Gasteiger partial charge in [-0.05, 0) is 50.3 Å². The Morgan fingerprint density at radius 2 is 1.88 bits per heavy atom. The lowest BCUT2D eigenvalue weighted by atomic mass is 9.94. The van der Waals surface area contributed by atoms with Gasteiger partial charge in [-0.3, -0.25) is 9.59 Å². The minimum absolute atomic E-state index is 0.0461. The molecule has 0 saturated carbocycles. The average Bonchev–Trinajstić information content (AvgIpc) is 3.05. The second-order valence-corrected chi connectivity index (χ2v) is 8.10. The molecular formula is C25H30N2O6. The van der Waals surface area contributed by atoms with E-state index in [2.05, 4.69) is 0 Å². The van der Waals surface area contributed by atoms with Crippen LogP contribution in [0.15, 0.2) is 48.0 Å². The molecule has 1 saturated heterocycles. The number of amides is 1. The molecule has 2 aromatic carbocycles. The second kappa shape index (κ2) is 10.4. The van der Waals surface area contributed by atoms with Crippen LogP contribution in [0, 0.1) is 0 Å². The number of aliphatic hydroxyl groups excluding tert-OH is 1. The number of phenols is 1. The maximum atomic E-state index is 13.1. The van der Waals surface area contributed by atoms with E-state index in [-0.39, 0.29) is 23.4 Å². The molecular weight excluding hydrogens is 424 g/mol. The third kappa shape index (κ3) is 5.12. The number of hydrogen-bond donors (Lipinski definition) is 2. The highest BCUT2D eigenvalue weighted by Gasteiger charge is 2.46. The van der Waals surface area contributed by atoms with E-state index in [9.17, 15) is 19.8 Å². The minimum Gasteiger partial charge on any atom is -0.507 e. The highest BCUT2D eigenvalue weighted by atomic mass is 16.5. The second-order valence-electron chi connectivity index (χ2n) is 8.10. The van der Waals surface area contributed by atoms with Gasteiger partial charge in [-0.25, -0.2) is 0 Å². The highest BCUT2D eigenvalue weighted by Crippen LogP contribution is 2.41. The van der Waals surface area contributed by atoms with E-state index < -0.39 is 23.5 Å². The van der Waals surface area contributed by atoms with Gasteiger partial charge >= 0.3 is 0 Å². The van der Waals surface area contributed by atoms with Crippen LogP contribution in [0.4, 0.5) is 0 Å². The number of Topliss-reactive ketones (excluding diaryl/α,β-unsaturated/α-hetero) is 1. The number of carbonyl (C=O) groups excluding carboxylic acids is 2. The topological polar surface area (TPSA) is 99.5 Å². The molecule has 1 atom stereocenters. The summed E-state index contributed by atoms with van der Waals surface area (Å²) in [5.41, 5.74) is 0.604. The average molecular weight is 455 g/mol. The Hall–Kier alpha value is -3.52. The van der Waals surface area contributed by atoms with Crippen LogP contribution in [0.5, 0.6) is 17.2 Å². The van der Waals surface area contributed by atoms with Gasteiger partial charge in [0.05, 0.1) is 30.9 Å². The Kier molecular flexibility index (Phi) is 7.60. The number of carbonyl (C=O) groups is 2. The SMILES string of the molecule is CCCOc1cccc([C@@H]2C(=C(O)c3ccc(OC)cc3O)C(=O)C(=O)N2CCN(C)C)c1. The van der Waals surface area contributed by atoms with Crippen molar-refractivity contribution in [2.24, 2.45) is 0 Å². The molecule has 0 bridgehead atoms. The zero-order valence-electron chi connectivity index (χ0n) is 19.4. The van der Waals surface area contributed by atoms with Crippen LogP contribution in [-0.4, -0.2) is 72.6 Å². The number of benzene rings is 2. The van der Waals surface area contributed by atoms with E-state index in [0.29, 0.717) is 30.2 Å². The van der Waals surface area contributed by atoms with E-state index in [1.54, 1.807) is 30.3 Å². The predicted molar refractivity (Wildman–Crippen MR) is 124 cm³/mol. The molecule has 0 spiro atoms. The van der Waals surface area contributed by atoms with E-state index in [4.69, 9.17) is 9.47 Å². The van der Waals surface area contributed by atoms with Gasteiger partial charge in [0, 0.05) is 19.2 Å². The number of ketones is 1. The molecule has 0 aliphatic carbocycles. The zero-order chi connectivity index (χ0) is 24.1. The summed E-state index contributed by atoms with van der Waals surface area (Å²) in [7, 11) is 5.21. The van der Waals surface area contributed by atoms with Crippen LogP contribution < -0.4 is 9.47 Å². The van der Waals surface area contributed by atoms with Crippen LogP contribution in [-0.2, 0) is 9.59 Å². The summed E-state index contributed by atoms with van der Waals surface area (Å²) in [6, 6.07) is 10.7. The number of nitrogens with zero attached hydrogens (tertiary/aromatic N) is 2. The van der Waals surface area contributed by atoms with E-state index in [1.165, 1.54) is 24.1 Å². The number of aliphatic hydroxyl groups is 1. The number of likely N-dealkylation sites (tertiary alicyclic amines) is 1. The van der Waals surface area contributed by atoms with Crippen molar-refractivity contribution in [3.05, 3.63) is 59.2 Å². The standard InChI is InChI=1S/C25H30N2O6/c1-5-13-33-18-8-6-7-16(14-18)22-21(24(30)25(31)27(22)12-11-26(2)3)23(29)19-10-9-17(32-4)15-20(19)28/h6-10,14-15,22,28-29H,5,11-13H2,1-4H3/t22-/m1/s1. The van der Waals surface area contributed by atoms with Gasteiger partial charge in [0.1, 0.15) is 23.0 Å². The first kappa shape index (κ1) is 24.1. The molecule has 1 heterocycles. The normalized spacial score (nSPS) is 17.6. The lowest BCUT2D eigenvalue weighted by Gasteiger charge is -2.27. The van der Waals surface area contributed by atoms with Crippen molar-refractivity contribution in [1.29, 1.82) is 0 Å². The molecule has 1 fully saturated rings. The number of rotatable bonds is 9.